The van der Waals surface area contributed by atoms with Gasteiger partial charge in [-0.2, -0.15) is 0 Å². The van der Waals surface area contributed by atoms with Crippen molar-refractivity contribution in [3.63, 3.8) is 0 Å². The number of carbonyl (C=O) groups excluding carboxylic acids is 1. The molecule has 0 heterocycles. The molecule has 1 rings (SSSR count). The lowest BCUT2D eigenvalue weighted by Gasteiger charge is -2.16. The molecular weight excluding hydrogens is 297 g/mol. The molecule has 0 aliphatic heterocycles. The van der Waals surface area contributed by atoms with Crippen LogP contribution < -0.4 is 11.1 Å². The van der Waals surface area contributed by atoms with E-state index in [2.05, 4.69) is 10.2 Å². The Labute approximate surface area is 133 Å². The summed E-state index contributed by atoms with van der Waals surface area (Å²) in [4.78, 5) is 13.9. The van der Waals surface area contributed by atoms with E-state index < -0.39 is 6.04 Å². The molecule has 116 valence electrons. The summed E-state index contributed by atoms with van der Waals surface area (Å²) in [6, 6.07) is 7.37. The quantitative estimate of drug-likeness (QED) is 0.876. The van der Waals surface area contributed by atoms with Crippen LogP contribution in [-0.4, -0.2) is 30.9 Å². The molecule has 0 saturated carbocycles. The van der Waals surface area contributed by atoms with Crippen molar-refractivity contribution in [2.24, 2.45) is 11.7 Å². The van der Waals surface area contributed by atoms with Gasteiger partial charge < -0.3 is 16.0 Å². The number of nitrogens with zero attached hydrogens (tertiary/aromatic N) is 1. The third-order valence-corrected chi connectivity index (χ3v) is 2.71. The number of rotatable bonds is 5. The number of hydrogen-bond donors (Lipinski definition) is 2. The first-order valence-electron chi connectivity index (χ1n) is 6.20. The highest BCUT2D eigenvalue weighted by molar-refractivity contribution is 5.94. The Morgan fingerprint density at radius 3 is 2.40 bits per heavy atom. The lowest BCUT2D eigenvalue weighted by Crippen LogP contribution is -2.39. The lowest BCUT2D eigenvalue weighted by atomic mass is 10.0. The highest BCUT2D eigenvalue weighted by Gasteiger charge is 2.17. The van der Waals surface area contributed by atoms with Crippen molar-refractivity contribution in [1.82, 2.24) is 4.90 Å². The van der Waals surface area contributed by atoms with Gasteiger partial charge in [0.25, 0.3) is 0 Å². The molecule has 3 N–H and O–H groups in total. The van der Waals surface area contributed by atoms with E-state index in [1.165, 1.54) is 0 Å². The van der Waals surface area contributed by atoms with Crippen molar-refractivity contribution in [3.05, 3.63) is 29.8 Å². The SMILES string of the molecule is CC(C)[C@@H](N)C(=O)Nc1cccc(CN(C)C)c1.Cl.Cl. The van der Waals surface area contributed by atoms with E-state index in [0.29, 0.717) is 0 Å². The molecule has 6 heteroatoms. The Bertz CT molecular complexity index is 411. The number of hydrogen-bond acceptors (Lipinski definition) is 3. The molecule has 0 radical (unpaired) electrons. The monoisotopic (exact) mass is 321 g/mol. The van der Waals surface area contributed by atoms with Crippen molar-refractivity contribution >= 4 is 36.4 Å². The van der Waals surface area contributed by atoms with E-state index in [4.69, 9.17) is 5.73 Å². The largest absolute Gasteiger partial charge is 0.325 e. The first-order chi connectivity index (χ1) is 8.40. The fourth-order valence-corrected chi connectivity index (χ4v) is 1.64. The Kier molecular flexibility index (Phi) is 10.7. The van der Waals surface area contributed by atoms with Crippen LogP contribution in [0.1, 0.15) is 19.4 Å². The Balaban J connectivity index is 0. The van der Waals surface area contributed by atoms with Crippen LogP contribution >= 0.6 is 24.8 Å². The van der Waals surface area contributed by atoms with Gasteiger partial charge in [-0.15, -0.1) is 24.8 Å². The smallest absolute Gasteiger partial charge is 0.241 e. The molecule has 0 bridgehead atoms. The van der Waals surface area contributed by atoms with E-state index in [0.717, 1.165) is 17.8 Å². The van der Waals surface area contributed by atoms with Crippen LogP contribution in [0.15, 0.2) is 24.3 Å². The predicted octanol–water partition coefficient (Wildman–Crippen LogP) is 2.51. The van der Waals surface area contributed by atoms with Crippen molar-refractivity contribution in [1.29, 1.82) is 0 Å². The van der Waals surface area contributed by atoms with Gasteiger partial charge >= 0.3 is 0 Å². The molecule has 0 aromatic heterocycles. The number of carbonyl (C=O) groups is 1. The standard InChI is InChI=1S/C14H23N3O.2ClH/c1-10(2)13(15)14(18)16-12-7-5-6-11(8-12)9-17(3)4;;/h5-8,10,13H,9,15H2,1-4H3,(H,16,18);2*1H/t13-;;/m1../s1. The summed E-state index contributed by atoms with van der Waals surface area (Å²) < 4.78 is 0. The third-order valence-electron chi connectivity index (χ3n) is 2.71. The van der Waals surface area contributed by atoms with Gasteiger partial charge in [0, 0.05) is 12.2 Å². The second-order valence-electron chi connectivity index (χ2n) is 5.20. The van der Waals surface area contributed by atoms with Crippen LogP contribution in [0.2, 0.25) is 0 Å². The fourth-order valence-electron chi connectivity index (χ4n) is 1.64. The lowest BCUT2D eigenvalue weighted by molar-refractivity contribution is -0.118. The number of anilines is 1. The van der Waals surface area contributed by atoms with Gasteiger partial charge in [0.1, 0.15) is 0 Å². The van der Waals surface area contributed by atoms with Crippen LogP contribution in [0, 0.1) is 5.92 Å². The molecule has 0 fully saturated rings. The number of amides is 1. The molecule has 0 aliphatic rings. The average molecular weight is 322 g/mol. The summed E-state index contributed by atoms with van der Waals surface area (Å²) in [5.41, 5.74) is 7.77. The topological polar surface area (TPSA) is 58.4 Å². The second kappa shape index (κ2) is 10.00. The minimum atomic E-state index is -0.470. The highest BCUT2D eigenvalue weighted by atomic mass is 35.5. The summed E-state index contributed by atoms with van der Waals surface area (Å²) in [5.74, 6) is 0.00182. The minimum Gasteiger partial charge on any atom is -0.325 e. The molecule has 0 aliphatic carbocycles. The summed E-state index contributed by atoms with van der Waals surface area (Å²) in [6.45, 7) is 4.72. The molecule has 0 spiro atoms. The van der Waals surface area contributed by atoms with Crippen LogP contribution in [0.25, 0.3) is 0 Å². The molecule has 1 atom stereocenters. The van der Waals surface area contributed by atoms with E-state index in [1.807, 2.05) is 52.2 Å². The van der Waals surface area contributed by atoms with Gasteiger partial charge in [-0.25, -0.2) is 0 Å². The molecule has 0 unspecified atom stereocenters. The first-order valence-corrected chi connectivity index (χ1v) is 6.20. The normalized spacial score (nSPS) is 11.6. The predicted molar refractivity (Wildman–Crippen MR) is 89.8 cm³/mol. The number of benzene rings is 1. The maximum atomic E-state index is 11.8. The minimum absolute atomic E-state index is 0. The van der Waals surface area contributed by atoms with E-state index in [-0.39, 0.29) is 36.6 Å². The summed E-state index contributed by atoms with van der Waals surface area (Å²) in [5, 5.41) is 2.85. The maximum absolute atomic E-state index is 11.8. The summed E-state index contributed by atoms with van der Waals surface area (Å²) in [6.07, 6.45) is 0. The summed E-state index contributed by atoms with van der Waals surface area (Å²) in [7, 11) is 4.03. The Morgan fingerprint density at radius 1 is 1.30 bits per heavy atom. The average Bonchev–Trinajstić information content (AvgIpc) is 2.27. The molecule has 1 amide bonds. The highest BCUT2D eigenvalue weighted by Crippen LogP contribution is 2.13. The van der Waals surface area contributed by atoms with E-state index in [1.54, 1.807) is 0 Å². The Morgan fingerprint density at radius 2 is 1.90 bits per heavy atom. The molecule has 1 aromatic carbocycles. The van der Waals surface area contributed by atoms with Crippen LogP contribution in [0.3, 0.4) is 0 Å². The first kappa shape index (κ1) is 21.5. The molecule has 4 nitrogen and oxygen atoms in total. The third kappa shape index (κ3) is 7.10. The van der Waals surface area contributed by atoms with Gasteiger partial charge in [-0.3, -0.25) is 4.79 Å². The maximum Gasteiger partial charge on any atom is 0.241 e. The van der Waals surface area contributed by atoms with Gasteiger partial charge in [0.05, 0.1) is 6.04 Å². The Hall–Kier alpha value is -0.810. The molecule has 0 saturated heterocycles. The zero-order valence-electron chi connectivity index (χ0n) is 12.4. The van der Waals surface area contributed by atoms with Crippen LogP contribution in [0.5, 0.6) is 0 Å². The number of nitrogens with two attached hydrogens (primary N) is 1. The van der Waals surface area contributed by atoms with Crippen molar-refractivity contribution in [2.45, 2.75) is 26.4 Å². The molecular formula is C14H25Cl2N3O. The van der Waals surface area contributed by atoms with Crippen LogP contribution in [-0.2, 0) is 11.3 Å². The van der Waals surface area contributed by atoms with E-state index in [9.17, 15) is 4.79 Å². The zero-order chi connectivity index (χ0) is 13.7. The van der Waals surface area contributed by atoms with Crippen molar-refractivity contribution in [3.8, 4) is 0 Å². The van der Waals surface area contributed by atoms with Crippen molar-refractivity contribution in [2.75, 3.05) is 19.4 Å². The number of halogens is 2. The van der Waals surface area contributed by atoms with Gasteiger partial charge in [-0.1, -0.05) is 26.0 Å². The fraction of sp³-hybridized carbons (Fsp3) is 0.500. The van der Waals surface area contributed by atoms with Crippen molar-refractivity contribution < 1.29 is 4.79 Å². The number of nitrogens with one attached hydrogen (secondary N) is 1. The van der Waals surface area contributed by atoms with Crippen LogP contribution in [0.4, 0.5) is 5.69 Å². The second-order valence-corrected chi connectivity index (χ2v) is 5.20. The van der Waals surface area contributed by atoms with Gasteiger partial charge in [-0.05, 0) is 37.7 Å². The molecule has 1 aromatic rings. The summed E-state index contributed by atoms with van der Waals surface area (Å²) >= 11 is 0. The molecule has 20 heavy (non-hydrogen) atoms. The van der Waals surface area contributed by atoms with Gasteiger partial charge in [0.2, 0.25) is 5.91 Å². The van der Waals surface area contributed by atoms with Gasteiger partial charge in [0.15, 0.2) is 0 Å². The zero-order valence-corrected chi connectivity index (χ0v) is 14.1. The van der Waals surface area contributed by atoms with E-state index >= 15 is 0 Å².